The number of aryl methyl sites for hydroxylation is 2. The average Bonchev–Trinajstić information content (AvgIpc) is 3.06. The van der Waals surface area contributed by atoms with Crippen molar-refractivity contribution >= 4 is 11.6 Å². The van der Waals surface area contributed by atoms with Gasteiger partial charge in [0.25, 0.3) is 0 Å². The van der Waals surface area contributed by atoms with E-state index in [0.29, 0.717) is 5.38 Å². The number of benzene rings is 1. The van der Waals surface area contributed by atoms with E-state index in [-0.39, 0.29) is 0 Å². The molecule has 1 fully saturated rings. The van der Waals surface area contributed by atoms with Gasteiger partial charge in [-0.1, -0.05) is 23.8 Å². The first-order valence-electron chi connectivity index (χ1n) is 6.07. The van der Waals surface area contributed by atoms with Crippen molar-refractivity contribution in [3.8, 4) is 0 Å². The Bertz CT molecular complexity index is 358. The van der Waals surface area contributed by atoms with Crippen molar-refractivity contribution in [1.82, 2.24) is 5.32 Å². The molecule has 0 aliphatic heterocycles. The molecule has 1 atom stereocenters. The van der Waals surface area contributed by atoms with E-state index < -0.39 is 0 Å². The monoisotopic (exact) mass is 237 g/mol. The highest BCUT2D eigenvalue weighted by Gasteiger charge is 2.29. The van der Waals surface area contributed by atoms with E-state index in [1.807, 2.05) is 0 Å². The van der Waals surface area contributed by atoms with Crippen LogP contribution in [-0.4, -0.2) is 11.9 Å². The zero-order valence-electron chi connectivity index (χ0n) is 10.1. The molecule has 1 nitrogen and oxygen atoms in total. The maximum Gasteiger partial charge on any atom is 0.0488 e. The summed E-state index contributed by atoms with van der Waals surface area (Å²) >= 11 is 6.25. The molecule has 1 aromatic rings. The first kappa shape index (κ1) is 11.9. The Balaban J connectivity index is 1.81. The zero-order chi connectivity index (χ0) is 11.5. The van der Waals surface area contributed by atoms with Gasteiger partial charge in [0.15, 0.2) is 0 Å². The Kier molecular flexibility index (Phi) is 3.88. The number of halogens is 1. The Hall–Kier alpha value is -0.530. The second kappa shape index (κ2) is 5.20. The van der Waals surface area contributed by atoms with Crippen molar-refractivity contribution in [3.63, 3.8) is 0 Å². The lowest BCUT2D eigenvalue weighted by Crippen LogP contribution is -2.24. The standard InChI is InChI=1S/C14H20ClN/c1-10-3-4-11(2)13(7-10)8-16-9-14(15)12-5-6-12/h3-4,7,12,14,16H,5-6,8-9H2,1-2H3. The van der Waals surface area contributed by atoms with Gasteiger partial charge in [0.05, 0.1) is 0 Å². The summed E-state index contributed by atoms with van der Waals surface area (Å²) in [5.74, 6) is 0.771. The van der Waals surface area contributed by atoms with Crippen LogP contribution in [0.4, 0.5) is 0 Å². The second-order valence-electron chi connectivity index (χ2n) is 4.91. The topological polar surface area (TPSA) is 12.0 Å². The molecule has 2 heteroatoms. The van der Waals surface area contributed by atoms with Crippen LogP contribution in [0.3, 0.4) is 0 Å². The van der Waals surface area contributed by atoms with Crippen LogP contribution >= 0.6 is 11.6 Å². The molecule has 0 spiro atoms. The van der Waals surface area contributed by atoms with Crippen LogP contribution in [-0.2, 0) is 6.54 Å². The SMILES string of the molecule is Cc1ccc(C)c(CNCC(Cl)C2CC2)c1. The molecule has 1 aliphatic carbocycles. The molecular formula is C14H20ClN. The molecule has 1 unspecified atom stereocenters. The van der Waals surface area contributed by atoms with E-state index in [1.165, 1.54) is 29.5 Å². The number of nitrogens with one attached hydrogen (secondary N) is 1. The van der Waals surface area contributed by atoms with Crippen LogP contribution in [0.2, 0.25) is 0 Å². The van der Waals surface area contributed by atoms with Gasteiger partial charge in [-0.05, 0) is 43.7 Å². The molecule has 1 aromatic carbocycles. The van der Waals surface area contributed by atoms with Crippen LogP contribution in [0.5, 0.6) is 0 Å². The normalized spacial score (nSPS) is 17.4. The molecule has 1 N–H and O–H groups in total. The summed E-state index contributed by atoms with van der Waals surface area (Å²) in [6.45, 7) is 6.16. The van der Waals surface area contributed by atoms with Crippen LogP contribution < -0.4 is 5.32 Å². The van der Waals surface area contributed by atoms with E-state index in [1.54, 1.807) is 0 Å². The van der Waals surface area contributed by atoms with Gasteiger partial charge in [0.1, 0.15) is 0 Å². The van der Waals surface area contributed by atoms with E-state index in [2.05, 4.69) is 37.4 Å². The van der Waals surface area contributed by atoms with Crippen LogP contribution in [0, 0.1) is 19.8 Å². The summed E-state index contributed by atoms with van der Waals surface area (Å²) in [5, 5.41) is 3.78. The lowest BCUT2D eigenvalue weighted by Gasteiger charge is -2.11. The van der Waals surface area contributed by atoms with E-state index >= 15 is 0 Å². The third kappa shape index (κ3) is 3.23. The Morgan fingerprint density at radius 1 is 1.38 bits per heavy atom. The molecule has 0 saturated heterocycles. The first-order chi connectivity index (χ1) is 7.66. The summed E-state index contributed by atoms with van der Waals surface area (Å²) in [7, 11) is 0. The lowest BCUT2D eigenvalue weighted by atomic mass is 10.1. The van der Waals surface area contributed by atoms with Gasteiger partial charge in [0, 0.05) is 18.5 Å². The number of alkyl halides is 1. The summed E-state index contributed by atoms with van der Waals surface area (Å²) in [6.07, 6.45) is 2.64. The van der Waals surface area contributed by atoms with Gasteiger partial charge in [-0.3, -0.25) is 0 Å². The minimum absolute atomic E-state index is 0.324. The Labute approximate surface area is 103 Å². The fraction of sp³-hybridized carbons (Fsp3) is 0.571. The highest BCUT2D eigenvalue weighted by Crippen LogP contribution is 2.35. The van der Waals surface area contributed by atoms with Crippen LogP contribution in [0.1, 0.15) is 29.5 Å². The quantitative estimate of drug-likeness (QED) is 0.774. The molecule has 88 valence electrons. The summed E-state index contributed by atoms with van der Waals surface area (Å²) in [4.78, 5) is 0. The lowest BCUT2D eigenvalue weighted by molar-refractivity contribution is 0.618. The summed E-state index contributed by atoms with van der Waals surface area (Å²) in [5.41, 5.74) is 4.07. The first-order valence-corrected chi connectivity index (χ1v) is 6.51. The Morgan fingerprint density at radius 3 is 2.81 bits per heavy atom. The van der Waals surface area contributed by atoms with Crippen molar-refractivity contribution in [2.24, 2.45) is 5.92 Å². The van der Waals surface area contributed by atoms with Crippen LogP contribution in [0.25, 0.3) is 0 Å². The molecule has 0 aromatic heterocycles. The highest BCUT2D eigenvalue weighted by molar-refractivity contribution is 6.21. The summed E-state index contributed by atoms with van der Waals surface area (Å²) < 4.78 is 0. The van der Waals surface area contributed by atoms with Crippen molar-refractivity contribution in [2.75, 3.05) is 6.54 Å². The Morgan fingerprint density at radius 2 is 2.12 bits per heavy atom. The van der Waals surface area contributed by atoms with E-state index in [4.69, 9.17) is 11.6 Å². The fourth-order valence-corrected chi connectivity index (χ4v) is 2.32. The molecule has 16 heavy (non-hydrogen) atoms. The number of hydrogen-bond acceptors (Lipinski definition) is 1. The smallest absolute Gasteiger partial charge is 0.0488 e. The zero-order valence-corrected chi connectivity index (χ0v) is 10.8. The van der Waals surface area contributed by atoms with Gasteiger partial charge < -0.3 is 5.32 Å². The maximum atomic E-state index is 6.25. The van der Waals surface area contributed by atoms with Gasteiger partial charge >= 0.3 is 0 Å². The van der Waals surface area contributed by atoms with Gasteiger partial charge in [-0.25, -0.2) is 0 Å². The molecule has 0 heterocycles. The second-order valence-corrected chi connectivity index (χ2v) is 5.47. The third-order valence-corrected chi connectivity index (χ3v) is 3.80. The molecule has 0 amide bonds. The minimum Gasteiger partial charge on any atom is -0.311 e. The van der Waals surface area contributed by atoms with Gasteiger partial charge in [0.2, 0.25) is 0 Å². The largest absolute Gasteiger partial charge is 0.311 e. The summed E-state index contributed by atoms with van der Waals surface area (Å²) in [6, 6.07) is 6.60. The molecule has 2 rings (SSSR count). The van der Waals surface area contributed by atoms with Gasteiger partial charge in [-0.2, -0.15) is 0 Å². The van der Waals surface area contributed by atoms with Crippen LogP contribution in [0.15, 0.2) is 18.2 Å². The molecule has 0 bridgehead atoms. The third-order valence-electron chi connectivity index (χ3n) is 3.29. The number of hydrogen-bond donors (Lipinski definition) is 1. The predicted molar refractivity (Wildman–Crippen MR) is 70.0 cm³/mol. The van der Waals surface area contributed by atoms with Crippen molar-refractivity contribution in [3.05, 3.63) is 34.9 Å². The average molecular weight is 238 g/mol. The number of rotatable bonds is 5. The predicted octanol–water partition coefficient (Wildman–Crippen LogP) is 3.41. The van der Waals surface area contributed by atoms with Crippen molar-refractivity contribution in [2.45, 2.75) is 38.6 Å². The van der Waals surface area contributed by atoms with Gasteiger partial charge in [-0.15, -0.1) is 11.6 Å². The maximum absolute atomic E-state index is 6.25. The van der Waals surface area contributed by atoms with Crippen molar-refractivity contribution in [1.29, 1.82) is 0 Å². The van der Waals surface area contributed by atoms with E-state index in [9.17, 15) is 0 Å². The minimum atomic E-state index is 0.324. The fourth-order valence-electron chi connectivity index (χ4n) is 1.96. The van der Waals surface area contributed by atoms with Crippen molar-refractivity contribution < 1.29 is 0 Å². The molecule has 0 radical (unpaired) electrons. The highest BCUT2D eigenvalue weighted by atomic mass is 35.5. The molecular weight excluding hydrogens is 218 g/mol. The molecule has 1 saturated carbocycles. The van der Waals surface area contributed by atoms with E-state index in [0.717, 1.165) is 19.0 Å². The molecule has 1 aliphatic rings.